The predicted octanol–water partition coefficient (Wildman–Crippen LogP) is 18.4. The third kappa shape index (κ3) is 9.02. The smallest absolute Gasteiger partial charge is 0.0881 e. The Morgan fingerprint density at radius 3 is 0.892 bits per heavy atom. The van der Waals surface area contributed by atoms with Crippen LogP contribution in [0.3, 0.4) is 0 Å². The van der Waals surface area contributed by atoms with Gasteiger partial charge in [-0.15, -0.1) is 0 Å². The molecule has 1 aliphatic rings. The van der Waals surface area contributed by atoms with Gasteiger partial charge in [0.2, 0.25) is 6.37 Å². The van der Waals surface area contributed by atoms with Crippen LogP contribution in [0.25, 0.3) is 44.5 Å². The number of hydrogen-bond donors (Lipinski definition) is 0. The van der Waals surface area contributed by atoms with Crippen LogP contribution in [0.2, 0.25) is 5.04 Å². The first-order valence-corrected chi connectivity index (χ1v) is 31.5. The summed E-state index contributed by atoms with van der Waals surface area (Å²) in [5.41, 5.74) is 28.7. The summed E-state index contributed by atoms with van der Waals surface area (Å²) in [7, 11) is 8.46. The minimum absolute atomic E-state index is 0.0642. The molecular formula is C60H66S4Si. The van der Waals surface area contributed by atoms with Gasteiger partial charge in [-0.3, -0.25) is 0 Å². The molecule has 1 aliphatic heterocycles. The van der Waals surface area contributed by atoms with Crippen LogP contribution in [0.1, 0.15) is 114 Å². The van der Waals surface area contributed by atoms with Crippen LogP contribution in [-0.2, 0) is 18.3 Å². The molecule has 8 rings (SSSR count). The standard InChI is InChI=1S/C60H66S4Si/c1-37-21-15-22-38(2)54(37)48-29-19-30-49(55-39(3)23-16-24-40(55)4)52(48)35-45-33-47(59(9,10)11)34-46(58(45)65(60(12,13)14)63-61-62-64-65)36-53-50(56-41(5)25-17-26-42(56)6)31-20-32-51(53)57-43(7)27-18-28-44(57)8/h15-34H,35-36H2,1-14H3. The van der Waals surface area contributed by atoms with Gasteiger partial charge in [0, 0.05) is 0 Å². The van der Waals surface area contributed by atoms with Gasteiger partial charge in [0.1, 0.15) is 0 Å². The van der Waals surface area contributed by atoms with Crippen molar-refractivity contribution in [1.82, 2.24) is 0 Å². The number of rotatable bonds is 9. The van der Waals surface area contributed by atoms with Gasteiger partial charge in [-0.25, -0.2) is 0 Å². The molecule has 0 amide bonds. The van der Waals surface area contributed by atoms with Crippen LogP contribution in [0.5, 0.6) is 0 Å². The van der Waals surface area contributed by atoms with Gasteiger partial charge in [-0.05, 0) is 220 Å². The summed E-state index contributed by atoms with van der Waals surface area (Å²) in [4.78, 5) is 0. The molecule has 0 atom stereocenters. The zero-order valence-electron chi connectivity index (χ0n) is 41.1. The fourth-order valence-electron chi connectivity index (χ4n) is 10.6. The lowest BCUT2D eigenvalue weighted by atomic mass is 9.79. The molecule has 0 unspecified atom stereocenters. The van der Waals surface area contributed by atoms with E-state index in [2.05, 4.69) is 239 Å². The number of benzene rings is 7. The highest BCUT2D eigenvalue weighted by molar-refractivity contribution is 9.42. The Bertz CT molecular complexity index is 2540. The van der Waals surface area contributed by atoms with Crippen LogP contribution in [0.4, 0.5) is 0 Å². The van der Waals surface area contributed by atoms with Gasteiger partial charge in [-0.2, -0.15) is 0 Å². The molecule has 7 aromatic carbocycles. The van der Waals surface area contributed by atoms with Crippen molar-refractivity contribution >= 4 is 51.7 Å². The minimum atomic E-state index is -2.40. The van der Waals surface area contributed by atoms with E-state index in [0.717, 1.165) is 12.8 Å². The lowest BCUT2D eigenvalue weighted by Crippen LogP contribution is -2.51. The third-order valence-corrected chi connectivity index (χ3v) is 39.5. The zero-order valence-corrected chi connectivity index (χ0v) is 45.4. The van der Waals surface area contributed by atoms with E-state index in [9.17, 15) is 0 Å². The maximum Gasteiger partial charge on any atom is 0.240 e. The topological polar surface area (TPSA) is 0 Å². The Hall–Kier alpha value is -3.84. The molecule has 0 N–H and O–H groups in total. The second-order valence-corrected chi connectivity index (χ2v) is 36.2. The summed E-state index contributed by atoms with van der Waals surface area (Å²) >= 11 is 0. The second kappa shape index (κ2) is 18.7. The van der Waals surface area contributed by atoms with Crippen molar-refractivity contribution in [3.8, 4) is 44.5 Å². The number of hydrogen-bond acceptors (Lipinski definition) is 4. The predicted molar refractivity (Wildman–Crippen MR) is 299 cm³/mol. The van der Waals surface area contributed by atoms with E-state index in [1.165, 1.54) is 117 Å². The highest BCUT2D eigenvalue weighted by Gasteiger charge is 2.54. The Kier molecular flexibility index (Phi) is 13.7. The lowest BCUT2D eigenvalue weighted by molar-refractivity contribution is 0.589. The summed E-state index contributed by atoms with van der Waals surface area (Å²) in [5, 5.41) is 1.70. The zero-order chi connectivity index (χ0) is 46.6. The molecule has 0 bridgehead atoms. The van der Waals surface area contributed by atoms with E-state index in [1.807, 2.05) is 19.7 Å². The van der Waals surface area contributed by atoms with Crippen molar-refractivity contribution in [3.05, 3.63) is 194 Å². The Morgan fingerprint density at radius 2 is 0.646 bits per heavy atom. The maximum atomic E-state index is 2.66. The van der Waals surface area contributed by atoms with E-state index in [4.69, 9.17) is 0 Å². The molecule has 0 saturated carbocycles. The summed E-state index contributed by atoms with van der Waals surface area (Å²) in [6.45, 7) is 33.2. The van der Waals surface area contributed by atoms with Crippen molar-refractivity contribution in [2.24, 2.45) is 0 Å². The molecule has 65 heavy (non-hydrogen) atoms. The molecule has 334 valence electrons. The van der Waals surface area contributed by atoms with Gasteiger partial charge < -0.3 is 0 Å². The molecule has 0 aromatic heterocycles. The average molecular weight is 944 g/mol. The van der Waals surface area contributed by atoms with Crippen LogP contribution >= 0.6 is 40.1 Å². The first-order valence-electron chi connectivity index (χ1n) is 23.2. The number of aryl methyl sites for hydroxylation is 8. The van der Waals surface area contributed by atoms with Crippen molar-refractivity contribution in [1.29, 1.82) is 0 Å². The van der Waals surface area contributed by atoms with Crippen LogP contribution < -0.4 is 5.19 Å². The molecular weight excluding hydrogens is 877 g/mol. The third-order valence-electron chi connectivity index (χ3n) is 13.9. The van der Waals surface area contributed by atoms with E-state index >= 15 is 0 Å². The molecule has 7 aromatic rings. The summed E-state index contributed by atoms with van der Waals surface area (Å²) < 4.78 is 0. The van der Waals surface area contributed by atoms with Crippen molar-refractivity contribution in [2.45, 2.75) is 120 Å². The van der Waals surface area contributed by atoms with E-state index in [1.54, 1.807) is 5.19 Å². The molecule has 1 saturated heterocycles. The van der Waals surface area contributed by atoms with Gasteiger partial charge in [0.05, 0.1) is 0 Å². The minimum Gasteiger partial charge on any atom is -0.0881 e. The summed E-state index contributed by atoms with van der Waals surface area (Å²) in [5.74, 6) is 0. The van der Waals surface area contributed by atoms with E-state index in [0.29, 0.717) is 0 Å². The molecule has 0 spiro atoms. The fraction of sp³-hybridized carbons (Fsp3) is 0.300. The SMILES string of the molecule is Cc1cccc(C)c1-c1cccc(-c2c(C)cccc2C)c1Cc1cc(C(C)(C)C)cc(Cc2c(-c3c(C)cccc3C)cccc2-c2c(C)cccc2C)c1[Si]1(C(C)(C)C)SSSS1. The average Bonchev–Trinajstić information content (AvgIpc) is 3.74. The highest BCUT2D eigenvalue weighted by atomic mass is 33.8. The van der Waals surface area contributed by atoms with Gasteiger partial charge in [0.25, 0.3) is 0 Å². The first kappa shape index (κ1) is 47.6. The normalized spacial score (nSPS) is 14.0. The first-order chi connectivity index (χ1) is 30.8. The summed E-state index contributed by atoms with van der Waals surface area (Å²) in [6.07, 6.45) is -0.703. The van der Waals surface area contributed by atoms with Crippen LogP contribution in [0, 0.1) is 55.4 Å². The quantitative estimate of drug-likeness (QED) is 0.104. The molecule has 0 aliphatic carbocycles. The monoisotopic (exact) mass is 942 g/mol. The van der Waals surface area contributed by atoms with Gasteiger partial charge >= 0.3 is 0 Å². The Balaban J connectivity index is 1.51. The van der Waals surface area contributed by atoms with Gasteiger partial charge in [-0.1, -0.05) is 183 Å². The van der Waals surface area contributed by atoms with E-state index in [-0.39, 0.29) is 10.5 Å². The van der Waals surface area contributed by atoms with Crippen LogP contribution in [0.15, 0.2) is 121 Å². The molecule has 1 heterocycles. The fourth-order valence-corrected chi connectivity index (χ4v) is 45.0. The molecule has 0 radical (unpaired) electrons. The lowest BCUT2D eigenvalue weighted by Gasteiger charge is -2.40. The molecule has 5 heteroatoms. The van der Waals surface area contributed by atoms with E-state index < -0.39 is 6.37 Å². The van der Waals surface area contributed by atoms with Crippen molar-refractivity contribution in [2.75, 3.05) is 0 Å². The second-order valence-electron chi connectivity index (χ2n) is 20.7. The van der Waals surface area contributed by atoms with Crippen molar-refractivity contribution in [3.63, 3.8) is 0 Å². The largest absolute Gasteiger partial charge is 0.240 e. The van der Waals surface area contributed by atoms with Gasteiger partial charge in [0.15, 0.2) is 0 Å². The highest BCUT2D eigenvalue weighted by Crippen LogP contribution is 2.69. The van der Waals surface area contributed by atoms with Crippen LogP contribution in [-0.4, -0.2) is 6.37 Å². The Labute approximate surface area is 407 Å². The van der Waals surface area contributed by atoms with Crippen molar-refractivity contribution < 1.29 is 0 Å². The Morgan fingerprint density at radius 1 is 0.385 bits per heavy atom. The maximum absolute atomic E-state index is 2.66. The molecule has 0 nitrogen and oxygen atoms in total. The summed E-state index contributed by atoms with van der Waals surface area (Å²) in [6, 6.07) is 46.8. The molecule has 1 fully saturated rings.